The van der Waals surface area contributed by atoms with Crippen molar-refractivity contribution in [3.05, 3.63) is 131 Å². The van der Waals surface area contributed by atoms with Crippen molar-refractivity contribution in [3.63, 3.8) is 0 Å². The summed E-state index contributed by atoms with van der Waals surface area (Å²) in [6.07, 6.45) is 0.119. The lowest BCUT2D eigenvalue weighted by atomic mass is 10.0. The third-order valence-electron chi connectivity index (χ3n) is 7.11. The lowest BCUT2D eigenvalue weighted by molar-refractivity contribution is -0.140. The summed E-state index contributed by atoms with van der Waals surface area (Å²) >= 11 is 6.20. The average Bonchev–Trinajstić information content (AvgIpc) is 2.99. The summed E-state index contributed by atoms with van der Waals surface area (Å²) in [6, 6.07) is 26.6. The molecule has 236 valence electrons. The van der Waals surface area contributed by atoms with Gasteiger partial charge in [0.25, 0.3) is 10.0 Å². The molecule has 0 saturated heterocycles. The van der Waals surface area contributed by atoms with E-state index in [1.54, 1.807) is 55.5 Å². The van der Waals surface area contributed by atoms with Gasteiger partial charge in [-0.25, -0.2) is 12.8 Å². The topological polar surface area (TPSA) is 86.8 Å². The number of carbonyl (C=O) groups is 2. The summed E-state index contributed by atoms with van der Waals surface area (Å²) in [6.45, 7) is 6.26. The van der Waals surface area contributed by atoms with Gasteiger partial charge in [-0.05, 0) is 75.2 Å². The van der Waals surface area contributed by atoms with Gasteiger partial charge in [-0.1, -0.05) is 78.3 Å². The molecule has 7 nitrogen and oxygen atoms in total. The second kappa shape index (κ2) is 14.3. The summed E-state index contributed by atoms with van der Waals surface area (Å²) in [5, 5.41) is 3.36. The van der Waals surface area contributed by atoms with Crippen LogP contribution in [-0.4, -0.2) is 43.3 Å². The average molecular weight is 650 g/mol. The third-order valence-corrected chi connectivity index (χ3v) is 9.11. The molecule has 0 aliphatic carbocycles. The first-order valence-electron chi connectivity index (χ1n) is 14.5. The van der Waals surface area contributed by atoms with Gasteiger partial charge in [0.05, 0.1) is 10.6 Å². The van der Waals surface area contributed by atoms with E-state index < -0.39 is 45.8 Å². The van der Waals surface area contributed by atoms with Gasteiger partial charge >= 0.3 is 0 Å². The molecule has 4 aromatic rings. The number of hydrogen-bond donors (Lipinski definition) is 1. The van der Waals surface area contributed by atoms with Crippen molar-refractivity contribution < 1.29 is 22.4 Å². The highest BCUT2D eigenvalue weighted by Gasteiger charge is 2.36. The zero-order valence-electron chi connectivity index (χ0n) is 25.7. The molecule has 0 spiro atoms. The van der Waals surface area contributed by atoms with Gasteiger partial charge in [0.15, 0.2) is 0 Å². The number of nitrogens with zero attached hydrogens (tertiary/aromatic N) is 2. The highest BCUT2D eigenvalue weighted by molar-refractivity contribution is 7.92. The van der Waals surface area contributed by atoms with Crippen LogP contribution in [-0.2, 0) is 32.6 Å². The molecule has 0 fully saturated rings. The zero-order valence-corrected chi connectivity index (χ0v) is 27.3. The van der Waals surface area contributed by atoms with Gasteiger partial charge in [-0.3, -0.25) is 13.9 Å². The minimum atomic E-state index is -4.26. The van der Waals surface area contributed by atoms with Crippen LogP contribution < -0.4 is 9.62 Å². The second-order valence-corrected chi connectivity index (χ2v) is 14.1. The number of rotatable bonds is 11. The lowest BCUT2D eigenvalue weighted by Gasteiger charge is -2.35. The molecule has 4 rings (SSSR count). The molecular formula is C35H37ClFN3O4S. The highest BCUT2D eigenvalue weighted by atomic mass is 35.5. The maximum Gasteiger partial charge on any atom is 0.264 e. The Morgan fingerprint density at radius 2 is 1.49 bits per heavy atom. The van der Waals surface area contributed by atoms with Gasteiger partial charge in [0.2, 0.25) is 11.8 Å². The van der Waals surface area contributed by atoms with Gasteiger partial charge in [-0.2, -0.15) is 0 Å². The molecule has 0 radical (unpaired) electrons. The van der Waals surface area contributed by atoms with E-state index in [1.165, 1.54) is 29.2 Å². The molecular weight excluding hydrogens is 613 g/mol. The SMILES string of the molecule is Cc1cc(Cl)ccc1N(CC(=O)N(Cc1ccccc1F)[C@H](Cc1ccccc1)C(=O)NC(C)(C)C)S(=O)(=O)c1ccccc1. The fraction of sp³-hybridized carbons (Fsp3) is 0.257. The van der Waals surface area contributed by atoms with Crippen LogP contribution in [0.3, 0.4) is 0 Å². The molecule has 45 heavy (non-hydrogen) atoms. The van der Waals surface area contributed by atoms with Crippen LogP contribution >= 0.6 is 11.6 Å². The predicted molar refractivity (Wildman–Crippen MR) is 176 cm³/mol. The van der Waals surface area contributed by atoms with E-state index in [0.717, 1.165) is 9.87 Å². The molecule has 2 amide bonds. The largest absolute Gasteiger partial charge is 0.350 e. The van der Waals surface area contributed by atoms with Crippen molar-refractivity contribution in [1.82, 2.24) is 10.2 Å². The molecule has 0 unspecified atom stereocenters. The van der Waals surface area contributed by atoms with E-state index in [9.17, 15) is 18.0 Å². The van der Waals surface area contributed by atoms with E-state index in [-0.39, 0.29) is 29.1 Å². The first-order chi connectivity index (χ1) is 21.3. The number of halogens is 2. The van der Waals surface area contributed by atoms with E-state index in [2.05, 4.69) is 5.32 Å². The Morgan fingerprint density at radius 3 is 2.09 bits per heavy atom. The Bertz CT molecular complexity index is 1750. The van der Waals surface area contributed by atoms with Crippen molar-refractivity contribution in [2.24, 2.45) is 0 Å². The van der Waals surface area contributed by atoms with Gasteiger partial charge in [0, 0.05) is 29.1 Å². The molecule has 10 heteroatoms. The number of aryl methyl sites for hydroxylation is 1. The van der Waals surface area contributed by atoms with Crippen molar-refractivity contribution in [3.8, 4) is 0 Å². The number of amides is 2. The van der Waals surface area contributed by atoms with Gasteiger partial charge in [0.1, 0.15) is 18.4 Å². The summed E-state index contributed by atoms with van der Waals surface area (Å²) in [5.74, 6) is -1.68. The quantitative estimate of drug-likeness (QED) is 0.200. The zero-order chi connectivity index (χ0) is 32.8. The normalized spacial score (nSPS) is 12.3. The van der Waals surface area contributed by atoms with Gasteiger partial charge < -0.3 is 10.2 Å². The van der Waals surface area contributed by atoms with E-state index in [4.69, 9.17) is 11.6 Å². The fourth-order valence-electron chi connectivity index (χ4n) is 4.95. The number of hydrogen-bond acceptors (Lipinski definition) is 4. The first kappa shape index (κ1) is 33.7. The van der Waals surface area contributed by atoms with Crippen molar-refractivity contribution in [2.75, 3.05) is 10.8 Å². The molecule has 0 saturated carbocycles. The molecule has 0 bridgehead atoms. The Morgan fingerprint density at radius 1 is 0.889 bits per heavy atom. The first-order valence-corrected chi connectivity index (χ1v) is 16.3. The van der Waals surface area contributed by atoms with Crippen molar-refractivity contribution in [2.45, 2.75) is 57.1 Å². The van der Waals surface area contributed by atoms with E-state index >= 15 is 4.39 Å². The number of benzene rings is 4. The smallest absolute Gasteiger partial charge is 0.264 e. The fourth-order valence-corrected chi connectivity index (χ4v) is 6.68. The van der Waals surface area contributed by atoms with Gasteiger partial charge in [-0.15, -0.1) is 0 Å². The summed E-state index contributed by atoms with van der Waals surface area (Å²) in [7, 11) is -4.26. The summed E-state index contributed by atoms with van der Waals surface area (Å²) in [4.78, 5) is 29.7. The summed E-state index contributed by atoms with van der Waals surface area (Å²) < 4.78 is 44.3. The lowest BCUT2D eigenvalue weighted by Crippen LogP contribution is -2.56. The van der Waals surface area contributed by atoms with Crippen LogP contribution in [0, 0.1) is 12.7 Å². The highest BCUT2D eigenvalue weighted by Crippen LogP contribution is 2.30. The minimum Gasteiger partial charge on any atom is -0.350 e. The minimum absolute atomic E-state index is 0.0147. The molecule has 4 aromatic carbocycles. The van der Waals surface area contributed by atoms with Crippen LogP contribution in [0.1, 0.15) is 37.5 Å². The number of nitrogens with one attached hydrogen (secondary N) is 1. The molecule has 0 aliphatic heterocycles. The van der Waals surface area contributed by atoms with Crippen LogP contribution in [0.5, 0.6) is 0 Å². The van der Waals surface area contributed by atoms with Crippen LogP contribution in [0.25, 0.3) is 0 Å². The molecule has 1 atom stereocenters. The number of anilines is 1. The third kappa shape index (κ3) is 8.71. The monoisotopic (exact) mass is 649 g/mol. The van der Waals surface area contributed by atoms with Crippen molar-refractivity contribution in [1.29, 1.82) is 0 Å². The van der Waals surface area contributed by atoms with Crippen LogP contribution in [0.4, 0.5) is 10.1 Å². The molecule has 1 N–H and O–H groups in total. The Kier molecular flexibility index (Phi) is 10.7. The Labute approximate surface area is 269 Å². The maximum atomic E-state index is 15.0. The van der Waals surface area contributed by atoms with E-state index in [0.29, 0.717) is 10.6 Å². The van der Waals surface area contributed by atoms with Crippen LogP contribution in [0.2, 0.25) is 5.02 Å². The molecule has 0 aliphatic rings. The van der Waals surface area contributed by atoms with Crippen LogP contribution in [0.15, 0.2) is 108 Å². The number of carbonyl (C=O) groups excluding carboxylic acids is 2. The maximum absolute atomic E-state index is 15.0. The number of sulfonamides is 1. The molecule has 0 heterocycles. The Hall–Kier alpha value is -4.21. The molecule has 0 aromatic heterocycles. The Balaban J connectivity index is 1.84. The standard InChI is InChI=1S/C35H37ClFN3O4S/c1-25-21-28(36)19-20-31(25)40(45(43,44)29-16-9-6-10-17-29)24-33(41)39(23-27-15-11-12-18-30(27)37)32(34(42)38-35(2,3)4)22-26-13-7-5-8-14-26/h5-21,32H,22-24H2,1-4H3,(H,38,42)/t32-/m1/s1. The second-order valence-electron chi connectivity index (χ2n) is 11.8. The summed E-state index contributed by atoms with van der Waals surface area (Å²) in [5.41, 5.74) is 1.11. The predicted octanol–water partition coefficient (Wildman–Crippen LogP) is 6.54. The van der Waals surface area contributed by atoms with E-state index in [1.807, 2.05) is 51.1 Å². The van der Waals surface area contributed by atoms with Crippen molar-refractivity contribution >= 4 is 39.1 Å².